The summed E-state index contributed by atoms with van der Waals surface area (Å²) in [6.07, 6.45) is 2.00. The average molecular weight is 212 g/mol. The fraction of sp³-hybridized carbons (Fsp3) is 0.700. The zero-order chi connectivity index (χ0) is 10.2. The topological polar surface area (TPSA) is 48.1 Å². The van der Waals surface area contributed by atoms with Gasteiger partial charge in [0, 0.05) is 17.7 Å². The monoisotopic (exact) mass is 212 g/mol. The summed E-state index contributed by atoms with van der Waals surface area (Å²) in [5, 5.41) is 3.12. The normalized spacial score (nSPS) is 33.2. The Morgan fingerprint density at radius 1 is 1.71 bits per heavy atom. The van der Waals surface area contributed by atoms with Crippen molar-refractivity contribution in [3.05, 3.63) is 16.1 Å². The summed E-state index contributed by atoms with van der Waals surface area (Å²) in [6.45, 7) is 4.82. The number of thiazole rings is 1. The van der Waals surface area contributed by atoms with Crippen LogP contribution in [0.2, 0.25) is 0 Å². The van der Waals surface area contributed by atoms with Gasteiger partial charge in [0.2, 0.25) is 0 Å². The van der Waals surface area contributed by atoms with Gasteiger partial charge in [-0.1, -0.05) is 0 Å². The molecule has 2 atom stereocenters. The average Bonchev–Trinajstić information content (AvgIpc) is 2.52. The van der Waals surface area contributed by atoms with Gasteiger partial charge in [-0.05, 0) is 26.7 Å². The third-order valence-electron chi connectivity index (χ3n) is 2.65. The van der Waals surface area contributed by atoms with E-state index in [1.54, 1.807) is 11.3 Å². The maximum atomic E-state index is 6.35. The molecule has 0 aliphatic carbocycles. The largest absolute Gasteiger partial charge is 0.378 e. The minimum Gasteiger partial charge on any atom is -0.378 e. The van der Waals surface area contributed by atoms with Gasteiger partial charge in [0.25, 0.3) is 0 Å². The highest BCUT2D eigenvalue weighted by Crippen LogP contribution is 2.33. The van der Waals surface area contributed by atoms with Crippen molar-refractivity contribution in [2.75, 3.05) is 6.61 Å². The standard InChI is InChI=1S/C10H16N2OS/c1-7-6-14-9(12-7)10(11)3-4-13-8(2)5-10/h6,8H,3-5,11H2,1-2H3. The van der Waals surface area contributed by atoms with Crippen LogP contribution in [0.25, 0.3) is 0 Å². The van der Waals surface area contributed by atoms with Gasteiger partial charge in [0.1, 0.15) is 5.01 Å². The second-order valence-electron chi connectivity index (χ2n) is 4.09. The maximum absolute atomic E-state index is 6.35. The van der Waals surface area contributed by atoms with Gasteiger partial charge in [-0.15, -0.1) is 11.3 Å². The number of ether oxygens (including phenoxy) is 1. The van der Waals surface area contributed by atoms with Crippen molar-refractivity contribution in [3.63, 3.8) is 0 Å². The Balaban J connectivity index is 2.22. The van der Waals surface area contributed by atoms with Crippen molar-refractivity contribution in [3.8, 4) is 0 Å². The molecule has 0 bridgehead atoms. The van der Waals surface area contributed by atoms with Crippen LogP contribution in [0.1, 0.15) is 30.5 Å². The minimum atomic E-state index is -0.253. The molecule has 0 aromatic carbocycles. The number of aromatic nitrogens is 1. The highest BCUT2D eigenvalue weighted by molar-refractivity contribution is 7.09. The lowest BCUT2D eigenvalue weighted by molar-refractivity contribution is -0.00894. The molecule has 0 amide bonds. The van der Waals surface area contributed by atoms with E-state index in [2.05, 4.69) is 17.3 Å². The van der Waals surface area contributed by atoms with E-state index in [-0.39, 0.29) is 11.6 Å². The molecule has 2 unspecified atom stereocenters. The molecule has 1 aromatic rings. The highest BCUT2D eigenvalue weighted by atomic mass is 32.1. The SMILES string of the molecule is Cc1csc(C2(N)CCOC(C)C2)n1. The molecule has 1 aliphatic heterocycles. The van der Waals surface area contributed by atoms with Gasteiger partial charge in [-0.25, -0.2) is 4.98 Å². The fourth-order valence-electron chi connectivity index (χ4n) is 1.89. The summed E-state index contributed by atoms with van der Waals surface area (Å²) in [7, 11) is 0. The number of hydrogen-bond acceptors (Lipinski definition) is 4. The van der Waals surface area contributed by atoms with Crippen LogP contribution in [0.3, 0.4) is 0 Å². The highest BCUT2D eigenvalue weighted by Gasteiger charge is 2.35. The summed E-state index contributed by atoms with van der Waals surface area (Å²) in [5.74, 6) is 0. The van der Waals surface area contributed by atoms with Crippen LogP contribution >= 0.6 is 11.3 Å². The van der Waals surface area contributed by atoms with Crippen molar-refractivity contribution >= 4 is 11.3 Å². The van der Waals surface area contributed by atoms with Gasteiger partial charge < -0.3 is 10.5 Å². The van der Waals surface area contributed by atoms with Crippen molar-refractivity contribution in [2.45, 2.75) is 38.3 Å². The Bertz CT molecular complexity index is 326. The first-order valence-electron chi connectivity index (χ1n) is 4.93. The van der Waals surface area contributed by atoms with Gasteiger partial charge in [-0.2, -0.15) is 0 Å². The number of nitrogens with zero attached hydrogens (tertiary/aromatic N) is 1. The third-order valence-corrected chi connectivity index (χ3v) is 3.83. The fourth-order valence-corrected chi connectivity index (χ4v) is 2.84. The van der Waals surface area contributed by atoms with Crippen molar-refractivity contribution < 1.29 is 4.74 Å². The predicted molar refractivity (Wildman–Crippen MR) is 57.4 cm³/mol. The summed E-state index contributed by atoms with van der Waals surface area (Å²) >= 11 is 1.67. The number of hydrogen-bond donors (Lipinski definition) is 1. The van der Waals surface area contributed by atoms with Crippen LogP contribution in [0.5, 0.6) is 0 Å². The Labute approximate surface area is 88.3 Å². The number of rotatable bonds is 1. The molecule has 0 saturated carbocycles. The summed E-state index contributed by atoms with van der Waals surface area (Å²) in [5.41, 5.74) is 7.16. The van der Waals surface area contributed by atoms with Crippen molar-refractivity contribution in [1.29, 1.82) is 0 Å². The molecular weight excluding hydrogens is 196 g/mol. The lowest BCUT2D eigenvalue weighted by atomic mass is 9.89. The van der Waals surface area contributed by atoms with Crippen LogP contribution in [-0.2, 0) is 10.3 Å². The quantitative estimate of drug-likeness (QED) is 0.772. The van der Waals surface area contributed by atoms with E-state index >= 15 is 0 Å². The first-order valence-corrected chi connectivity index (χ1v) is 5.81. The summed E-state index contributed by atoms with van der Waals surface area (Å²) in [6, 6.07) is 0. The second kappa shape index (κ2) is 3.61. The Morgan fingerprint density at radius 2 is 2.50 bits per heavy atom. The van der Waals surface area contributed by atoms with Gasteiger partial charge in [-0.3, -0.25) is 0 Å². The molecule has 2 N–H and O–H groups in total. The van der Waals surface area contributed by atoms with Gasteiger partial charge in [0.15, 0.2) is 0 Å². The zero-order valence-corrected chi connectivity index (χ0v) is 9.43. The zero-order valence-electron chi connectivity index (χ0n) is 8.62. The van der Waals surface area contributed by atoms with E-state index in [4.69, 9.17) is 10.5 Å². The molecular formula is C10H16N2OS. The molecule has 0 radical (unpaired) electrons. The Kier molecular flexibility index (Phi) is 2.60. The molecule has 14 heavy (non-hydrogen) atoms. The lowest BCUT2D eigenvalue weighted by Gasteiger charge is -2.35. The minimum absolute atomic E-state index is 0.248. The summed E-state index contributed by atoms with van der Waals surface area (Å²) in [4.78, 5) is 4.48. The molecule has 2 heterocycles. The number of aryl methyl sites for hydroxylation is 1. The molecule has 1 aromatic heterocycles. The van der Waals surface area contributed by atoms with Crippen molar-refractivity contribution in [1.82, 2.24) is 4.98 Å². The third kappa shape index (κ3) is 1.82. The van der Waals surface area contributed by atoms with Crippen LogP contribution < -0.4 is 5.73 Å². The van der Waals surface area contributed by atoms with Crippen LogP contribution in [0.15, 0.2) is 5.38 Å². The van der Waals surface area contributed by atoms with E-state index in [1.165, 1.54) is 0 Å². The molecule has 4 heteroatoms. The van der Waals surface area contributed by atoms with Gasteiger partial charge in [0.05, 0.1) is 11.6 Å². The van der Waals surface area contributed by atoms with Crippen LogP contribution in [0.4, 0.5) is 0 Å². The van der Waals surface area contributed by atoms with Crippen LogP contribution in [0, 0.1) is 6.92 Å². The summed E-state index contributed by atoms with van der Waals surface area (Å²) < 4.78 is 5.50. The second-order valence-corrected chi connectivity index (χ2v) is 4.94. The molecule has 1 aliphatic rings. The smallest absolute Gasteiger partial charge is 0.113 e. The van der Waals surface area contributed by atoms with Crippen molar-refractivity contribution in [2.24, 2.45) is 5.73 Å². The maximum Gasteiger partial charge on any atom is 0.113 e. The van der Waals surface area contributed by atoms with Gasteiger partial charge >= 0.3 is 0 Å². The molecule has 78 valence electrons. The van der Waals surface area contributed by atoms with E-state index < -0.39 is 0 Å². The number of nitrogens with two attached hydrogens (primary N) is 1. The van der Waals surface area contributed by atoms with E-state index in [9.17, 15) is 0 Å². The Hall–Kier alpha value is -0.450. The van der Waals surface area contributed by atoms with E-state index in [0.717, 1.165) is 30.2 Å². The first kappa shape index (κ1) is 10.1. The molecule has 1 fully saturated rings. The lowest BCUT2D eigenvalue weighted by Crippen LogP contribution is -2.44. The first-order chi connectivity index (χ1) is 6.60. The molecule has 3 nitrogen and oxygen atoms in total. The predicted octanol–water partition coefficient (Wildman–Crippen LogP) is 1.80. The molecule has 0 spiro atoms. The Morgan fingerprint density at radius 3 is 3.07 bits per heavy atom. The molecule has 1 saturated heterocycles. The van der Waals surface area contributed by atoms with E-state index in [1.807, 2.05) is 6.92 Å². The van der Waals surface area contributed by atoms with E-state index in [0.29, 0.717) is 0 Å². The molecule has 2 rings (SSSR count). The van der Waals surface area contributed by atoms with Crippen LogP contribution in [-0.4, -0.2) is 17.7 Å².